The van der Waals surface area contributed by atoms with E-state index in [0.29, 0.717) is 0 Å². The number of furan rings is 1. The molecule has 0 amide bonds. The standard InChI is InChI=1S/C64H36O/c1-2-14-37(15-3-1)59-47-22-8-10-24-49(47)62(50-25-11-9-23-48(50)59)51-33-32-41(42-18-4-5-19-43(42)51)40-30-31-46-54(34-40)44-20-6-7-21-45(44)55-35-57-58(36-56(46)55)65-64-53-27-13-17-39-29-28-38-16-12-26-52(63(57)64)60(38)61(39)53/h1-36H. The van der Waals surface area contributed by atoms with Gasteiger partial charge in [0.05, 0.1) is 0 Å². The van der Waals surface area contributed by atoms with E-state index in [1.54, 1.807) is 0 Å². The summed E-state index contributed by atoms with van der Waals surface area (Å²) in [4.78, 5) is 0. The van der Waals surface area contributed by atoms with Crippen molar-refractivity contribution in [1.82, 2.24) is 0 Å². The molecule has 0 fully saturated rings. The number of benzene rings is 14. The van der Waals surface area contributed by atoms with Crippen molar-refractivity contribution in [2.24, 2.45) is 0 Å². The van der Waals surface area contributed by atoms with Crippen molar-refractivity contribution in [2.75, 3.05) is 0 Å². The molecule has 298 valence electrons. The molecule has 0 saturated heterocycles. The van der Waals surface area contributed by atoms with Crippen molar-refractivity contribution in [1.29, 1.82) is 0 Å². The van der Waals surface area contributed by atoms with Crippen LogP contribution in [-0.4, -0.2) is 0 Å². The molecule has 1 heteroatoms. The first kappa shape index (κ1) is 35.0. The van der Waals surface area contributed by atoms with E-state index >= 15 is 0 Å². The normalized spacial score (nSPS) is 12.3. The molecule has 0 unspecified atom stereocenters. The van der Waals surface area contributed by atoms with Gasteiger partial charge < -0.3 is 4.42 Å². The molecule has 14 aromatic carbocycles. The topological polar surface area (TPSA) is 13.1 Å². The minimum atomic E-state index is 0.920. The SMILES string of the molecule is c1ccc(-c2c3ccccc3c(-c3ccc(-c4ccc5c(c4)c4ccccc4c4cc6c(cc54)oc4c5cccc7ccc8cccc(c64)c8c75)c4ccccc34)c3ccccc23)cc1. The molecule has 0 aliphatic carbocycles. The van der Waals surface area contributed by atoms with Crippen molar-refractivity contribution in [3.63, 3.8) is 0 Å². The zero-order valence-electron chi connectivity index (χ0n) is 35.2. The van der Waals surface area contributed by atoms with E-state index in [1.165, 1.54) is 136 Å². The van der Waals surface area contributed by atoms with E-state index < -0.39 is 0 Å². The van der Waals surface area contributed by atoms with Crippen LogP contribution < -0.4 is 0 Å². The highest BCUT2D eigenvalue weighted by Gasteiger charge is 2.22. The third-order valence-corrected chi connectivity index (χ3v) is 14.5. The second kappa shape index (κ2) is 13.0. The molecule has 15 rings (SSSR count). The van der Waals surface area contributed by atoms with Crippen LogP contribution in [0.1, 0.15) is 0 Å². The molecule has 65 heavy (non-hydrogen) atoms. The Bertz CT molecular complexity index is 4460. The summed E-state index contributed by atoms with van der Waals surface area (Å²) in [5, 5.41) is 24.8. The lowest BCUT2D eigenvalue weighted by atomic mass is 9.83. The maximum atomic E-state index is 7.01. The first-order valence-corrected chi connectivity index (χ1v) is 22.6. The highest BCUT2D eigenvalue weighted by molar-refractivity contribution is 6.38. The second-order valence-corrected chi connectivity index (χ2v) is 17.8. The minimum absolute atomic E-state index is 0.920. The monoisotopic (exact) mass is 820 g/mol. The summed E-state index contributed by atoms with van der Waals surface area (Å²) in [5.41, 5.74) is 9.35. The fraction of sp³-hybridized carbons (Fsp3) is 0. The smallest absolute Gasteiger partial charge is 0.143 e. The third kappa shape index (κ3) is 4.77. The lowest BCUT2D eigenvalue weighted by Gasteiger charge is -2.20. The predicted molar refractivity (Wildman–Crippen MR) is 279 cm³/mol. The van der Waals surface area contributed by atoms with Crippen LogP contribution in [0.5, 0.6) is 0 Å². The molecule has 0 aliphatic heterocycles. The van der Waals surface area contributed by atoms with Gasteiger partial charge in [-0.1, -0.05) is 200 Å². The summed E-state index contributed by atoms with van der Waals surface area (Å²) in [6, 6.07) is 81.0. The summed E-state index contributed by atoms with van der Waals surface area (Å²) in [6.45, 7) is 0. The maximum Gasteiger partial charge on any atom is 0.143 e. The number of hydrogen-bond donors (Lipinski definition) is 0. The molecule has 1 heterocycles. The van der Waals surface area contributed by atoms with Gasteiger partial charge in [0, 0.05) is 21.5 Å². The fourth-order valence-electron chi connectivity index (χ4n) is 11.8. The van der Waals surface area contributed by atoms with Gasteiger partial charge in [0.2, 0.25) is 0 Å². The lowest BCUT2D eigenvalue weighted by Crippen LogP contribution is -1.92. The lowest BCUT2D eigenvalue weighted by molar-refractivity contribution is 0.673. The van der Waals surface area contributed by atoms with E-state index in [1.807, 2.05) is 0 Å². The van der Waals surface area contributed by atoms with Crippen molar-refractivity contribution in [2.45, 2.75) is 0 Å². The van der Waals surface area contributed by atoms with Crippen LogP contribution >= 0.6 is 0 Å². The van der Waals surface area contributed by atoms with Crippen LogP contribution in [0.4, 0.5) is 0 Å². The zero-order valence-corrected chi connectivity index (χ0v) is 35.2. The van der Waals surface area contributed by atoms with Crippen LogP contribution in [-0.2, 0) is 0 Å². The van der Waals surface area contributed by atoms with Gasteiger partial charge in [-0.3, -0.25) is 0 Å². The highest BCUT2D eigenvalue weighted by Crippen LogP contribution is 2.49. The van der Waals surface area contributed by atoms with Gasteiger partial charge in [0.15, 0.2) is 0 Å². The summed E-state index contributed by atoms with van der Waals surface area (Å²) in [7, 11) is 0. The van der Waals surface area contributed by atoms with Gasteiger partial charge in [-0.05, 0) is 138 Å². The number of rotatable bonds is 3. The summed E-state index contributed by atoms with van der Waals surface area (Å²) in [5.74, 6) is 0. The first-order valence-electron chi connectivity index (χ1n) is 22.6. The van der Waals surface area contributed by atoms with Crippen LogP contribution in [0.15, 0.2) is 223 Å². The van der Waals surface area contributed by atoms with E-state index in [2.05, 4.69) is 218 Å². The van der Waals surface area contributed by atoms with E-state index in [4.69, 9.17) is 4.42 Å². The molecule has 0 N–H and O–H groups in total. The Morgan fingerprint density at radius 3 is 1.40 bits per heavy atom. The van der Waals surface area contributed by atoms with Gasteiger partial charge in [-0.25, -0.2) is 0 Å². The maximum absolute atomic E-state index is 7.01. The predicted octanol–water partition coefficient (Wildman–Crippen LogP) is 18.4. The van der Waals surface area contributed by atoms with Gasteiger partial charge in [-0.15, -0.1) is 0 Å². The van der Waals surface area contributed by atoms with Crippen molar-refractivity contribution in [3.8, 4) is 33.4 Å². The Morgan fingerprint density at radius 2 is 0.723 bits per heavy atom. The summed E-state index contributed by atoms with van der Waals surface area (Å²) >= 11 is 0. The first-order chi connectivity index (χ1) is 32.3. The summed E-state index contributed by atoms with van der Waals surface area (Å²) < 4.78 is 7.01. The van der Waals surface area contributed by atoms with Gasteiger partial charge >= 0.3 is 0 Å². The molecule has 15 aromatic rings. The quantitative estimate of drug-likeness (QED) is 0.128. The Kier molecular flexibility index (Phi) is 7.01. The van der Waals surface area contributed by atoms with Crippen molar-refractivity contribution >= 4 is 119 Å². The van der Waals surface area contributed by atoms with E-state index in [0.717, 1.165) is 16.6 Å². The molecule has 0 atom stereocenters. The van der Waals surface area contributed by atoms with E-state index in [-0.39, 0.29) is 0 Å². The molecule has 0 bridgehead atoms. The van der Waals surface area contributed by atoms with Crippen LogP contribution in [0.2, 0.25) is 0 Å². The van der Waals surface area contributed by atoms with Crippen LogP contribution in [0.3, 0.4) is 0 Å². The Hall–Kier alpha value is -8.52. The second-order valence-electron chi connectivity index (χ2n) is 17.8. The molecule has 1 nitrogen and oxygen atoms in total. The molecule has 0 spiro atoms. The number of fused-ring (bicyclic) bond motifs is 14. The average Bonchev–Trinajstić information content (AvgIpc) is 3.76. The molecule has 0 saturated carbocycles. The van der Waals surface area contributed by atoms with Gasteiger partial charge in [0.25, 0.3) is 0 Å². The minimum Gasteiger partial charge on any atom is -0.455 e. The van der Waals surface area contributed by atoms with E-state index in [9.17, 15) is 0 Å². The third-order valence-electron chi connectivity index (χ3n) is 14.5. The molecule has 1 aromatic heterocycles. The van der Waals surface area contributed by atoms with Crippen molar-refractivity contribution < 1.29 is 4.42 Å². The number of hydrogen-bond acceptors (Lipinski definition) is 1. The molecule has 0 aliphatic rings. The van der Waals surface area contributed by atoms with Gasteiger partial charge in [-0.2, -0.15) is 0 Å². The largest absolute Gasteiger partial charge is 0.455 e. The molecular weight excluding hydrogens is 785 g/mol. The molecule has 0 radical (unpaired) electrons. The van der Waals surface area contributed by atoms with Crippen LogP contribution in [0, 0.1) is 0 Å². The van der Waals surface area contributed by atoms with Crippen LogP contribution in [0.25, 0.3) is 152 Å². The Labute approximate surface area is 373 Å². The Morgan fingerprint density at radius 1 is 0.231 bits per heavy atom. The summed E-state index contributed by atoms with van der Waals surface area (Å²) in [6.07, 6.45) is 0. The highest BCUT2D eigenvalue weighted by atomic mass is 16.3. The van der Waals surface area contributed by atoms with Crippen molar-refractivity contribution in [3.05, 3.63) is 218 Å². The van der Waals surface area contributed by atoms with Gasteiger partial charge in [0.1, 0.15) is 11.2 Å². The zero-order chi connectivity index (χ0) is 42.3. The fourth-order valence-corrected chi connectivity index (χ4v) is 11.8. The molecular formula is C64H36O. The average molecular weight is 821 g/mol. The Balaban J connectivity index is 0.968.